The maximum absolute atomic E-state index is 2.53. The van der Waals surface area contributed by atoms with Crippen molar-refractivity contribution in [2.45, 2.75) is 47.0 Å². The van der Waals surface area contributed by atoms with Crippen LogP contribution in [0.5, 0.6) is 0 Å². The zero-order valence-corrected chi connectivity index (χ0v) is 33.7. The minimum Gasteiger partial charge on any atom is -0.0616 e. The average molecular weight is 731 g/mol. The molecule has 0 bridgehead atoms. The molecule has 0 nitrogen and oxygen atoms in total. The molecule has 1 aliphatic rings. The topological polar surface area (TPSA) is 0 Å². The van der Waals surface area contributed by atoms with Crippen molar-refractivity contribution in [1.82, 2.24) is 0 Å². The highest BCUT2D eigenvalue weighted by molar-refractivity contribution is 6.25. The van der Waals surface area contributed by atoms with Crippen LogP contribution in [0.2, 0.25) is 0 Å². The summed E-state index contributed by atoms with van der Waals surface area (Å²) in [6, 6.07) is 64.3. The van der Waals surface area contributed by atoms with Gasteiger partial charge in [-0.15, -0.1) is 0 Å². The molecule has 10 aromatic rings. The van der Waals surface area contributed by atoms with Crippen LogP contribution in [0.4, 0.5) is 0 Å². The summed E-state index contributed by atoms with van der Waals surface area (Å²) in [6.07, 6.45) is 0. The van der Waals surface area contributed by atoms with E-state index in [0.717, 1.165) is 0 Å². The molecule has 274 valence electrons. The van der Waals surface area contributed by atoms with Gasteiger partial charge in [0.15, 0.2) is 0 Å². The molecule has 0 spiro atoms. The van der Waals surface area contributed by atoms with E-state index in [4.69, 9.17) is 0 Å². The van der Waals surface area contributed by atoms with Crippen molar-refractivity contribution in [2.24, 2.45) is 10.8 Å². The summed E-state index contributed by atoms with van der Waals surface area (Å²) in [5.74, 6) is 0. The van der Waals surface area contributed by atoms with Crippen molar-refractivity contribution < 1.29 is 0 Å². The summed E-state index contributed by atoms with van der Waals surface area (Å²) in [6.45, 7) is 14.8. The van der Waals surface area contributed by atoms with Gasteiger partial charge in [0.05, 0.1) is 0 Å². The van der Waals surface area contributed by atoms with E-state index in [1.807, 2.05) is 0 Å². The highest BCUT2D eigenvalue weighted by Crippen LogP contribution is 2.67. The summed E-state index contributed by atoms with van der Waals surface area (Å²) in [7, 11) is 0. The average Bonchev–Trinajstić information content (AvgIpc) is 3.54. The number of hydrogen-bond donors (Lipinski definition) is 0. The Kier molecular flexibility index (Phi) is 7.10. The van der Waals surface area contributed by atoms with Crippen LogP contribution in [0.3, 0.4) is 0 Å². The van der Waals surface area contributed by atoms with Gasteiger partial charge < -0.3 is 0 Å². The fraction of sp³-hybridized carbons (Fsp3) is 0.158. The van der Waals surface area contributed by atoms with E-state index in [0.29, 0.717) is 0 Å². The normalized spacial score (nSPS) is 13.9. The van der Waals surface area contributed by atoms with Gasteiger partial charge in [-0.1, -0.05) is 193 Å². The molecule has 0 N–H and O–H groups in total. The zero-order valence-electron chi connectivity index (χ0n) is 33.7. The predicted molar refractivity (Wildman–Crippen MR) is 247 cm³/mol. The van der Waals surface area contributed by atoms with Crippen molar-refractivity contribution >= 4 is 64.6 Å². The first-order valence-corrected chi connectivity index (χ1v) is 20.5. The first-order chi connectivity index (χ1) is 27.6. The van der Waals surface area contributed by atoms with Gasteiger partial charge >= 0.3 is 0 Å². The van der Waals surface area contributed by atoms with Gasteiger partial charge in [-0.3, -0.25) is 0 Å². The van der Waals surface area contributed by atoms with E-state index < -0.39 is 0 Å². The van der Waals surface area contributed by atoms with Gasteiger partial charge in [0.25, 0.3) is 0 Å². The van der Waals surface area contributed by atoms with E-state index in [2.05, 4.69) is 211 Å². The van der Waals surface area contributed by atoms with Crippen LogP contribution in [0.1, 0.15) is 52.7 Å². The molecule has 0 heteroatoms. The molecule has 0 unspecified atom stereocenters. The van der Waals surface area contributed by atoms with Gasteiger partial charge in [-0.25, -0.2) is 0 Å². The molecule has 0 radical (unpaired) electrons. The summed E-state index contributed by atoms with van der Waals surface area (Å²) in [4.78, 5) is 0. The molecule has 11 rings (SSSR count). The number of hydrogen-bond acceptors (Lipinski definition) is 0. The van der Waals surface area contributed by atoms with Gasteiger partial charge in [0, 0.05) is 5.41 Å². The third-order valence-corrected chi connectivity index (χ3v) is 13.5. The molecule has 0 fully saturated rings. The predicted octanol–water partition coefficient (Wildman–Crippen LogP) is 16.3. The van der Waals surface area contributed by atoms with E-state index in [1.54, 1.807) is 0 Å². The van der Waals surface area contributed by atoms with Crippen LogP contribution in [0.25, 0.3) is 98.0 Å². The maximum Gasteiger partial charge on any atom is 0.0318 e. The fourth-order valence-corrected chi connectivity index (χ4v) is 11.8. The summed E-state index contributed by atoms with van der Waals surface area (Å²) >= 11 is 0. The lowest BCUT2D eigenvalue weighted by atomic mass is 9.49. The molecule has 0 aromatic heterocycles. The SMILES string of the molecule is CC(C)(C)C1(C(C)(C)C)c2cc3ccccc3cc2-c2c1c1ccc(-c3c4ccccc4c(-c4cccc5ccccc45)c4ccccc34)cc1c1ccccc21. The van der Waals surface area contributed by atoms with Crippen LogP contribution in [0.15, 0.2) is 170 Å². The highest BCUT2D eigenvalue weighted by atomic mass is 14.6. The molecular weight excluding hydrogens is 685 g/mol. The van der Waals surface area contributed by atoms with Gasteiger partial charge in [0.2, 0.25) is 0 Å². The van der Waals surface area contributed by atoms with E-state index in [-0.39, 0.29) is 16.2 Å². The Morgan fingerprint density at radius 1 is 0.316 bits per heavy atom. The molecule has 0 aliphatic heterocycles. The lowest BCUT2D eigenvalue weighted by molar-refractivity contribution is 0.0965. The first kappa shape index (κ1) is 34.0. The third kappa shape index (κ3) is 4.56. The molecule has 0 heterocycles. The summed E-state index contributed by atoms with van der Waals surface area (Å²) < 4.78 is 0. The van der Waals surface area contributed by atoms with Crippen molar-refractivity contribution in [1.29, 1.82) is 0 Å². The Morgan fingerprint density at radius 2 is 0.789 bits per heavy atom. The van der Waals surface area contributed by atoms with E-state index in [1.165, 1.54) is 109 Å². The molecule has 0 saturated heterocycles. The van der Waals surface area contributed by atoms with Crippen LogP contribution in [0, 0.1) is 10.8 Å². The Hall–Kier alpha value is -6.24. The Balaban J connectivity index is 1.28. The number of benzene rings is 10. The first-order valence-electron chi connectivity index (χ1n) is 20.5. The Labute approximate surface area is 335 Å². The van der Waals surface area contributed by atoms with Crippen molar-refractivity contribution in [3.8, 4) is 33.4 Å². The highest BCUT2D eigenvalue weighted by Gasteiger charge is 2.58. The van der Waals surface area contributed by atoms with E-state index >= 15 is 0 Å². The van der Waals surface area contributed by atoms with Crippen molar-refractivity contribution in [2.75, 3.05) is 0 Å². The Morgan fingerprint density at radius 3 is 1.39 bits per heavy atom. The van der Waals surface area contributed by atoms with Crippen LogP contribution >= 0.6 is 0 Å². The van der Waals surface area contributed by atoms with Gasteiger partial charge in [0.1, 0.15) is 0 Å². The lowest BCUT2D eigenvalue weighted by Gasteiger charge is -2.53. The third-order valence-electron chi connectivity index (χ3n) is 13.5. The zero-order chi connectivity index (χ0) is 38.8. The number of rotatable bonds is 2. The van der Waals surface area contributed by atoms with Crippen molar-refractivity contribution in [3.63, 3.8) is 0 Å². The lowest BCUT2D eigenvalue weighted by Crippen LogP contribution is -2.50. The van der Waals surface area contributed by atoms with Gasteiger partial charge in [-0.05, 0) is 138 Å². The van der Waals surface area contributed by atoms with Gasteiger partial charge in [-0.2, -0.15) is 0 Å². The Bertz CT molecular complexity index is 3230. The second kappa shape index (κ2) is 11.9. The molecule has 0 saturated carbocycles. The second-order valence-corrected chi connectivity index (χ2v) is 18.4. The summed E-state index contributed by atoms with van der Waals surface area (Å²) in [5.41, 5.74) is 10.4. The molecular formula is C57H46. The van der Waals surface area contributed by atoms with Crippen molar-refractivity contribution in [3.05, 3.63) is 181 Å². The standard InChI is InChI=1S/C57H46/c1-55(2,3)57(56(4,5)6)50-34-37-20-8-7-19-36(37)32-49(50)53-42-24-12-11-23-40(42)48-33-38(30-31-47(48)54(53)57)51-43-25-13-15-27-45(43)52(46-28-16-14-26-44(46)51)41-29-17-21-35-18-9-10-22-39(35)41/h7-34H,1-6H3. The maximum atomic E-state index is 2.53. The van der Waals surface area contributed by atoms with Crippen LogP contribution < -0.4 is 0 Å². The molecule has 1 aliphatic carbocycles. The largest absolute Gasteiger partial charge is 0.0616 e. The number of fused-ring (bicyclic) bond motifs is 12. The van der Waals surface area contributed by atoms with Crippen LogP contribution in [-0.2, 0) is 5.41 Å². The minimum atomic E-state index is -0.266. The quantitative estimate of drug-likeness (QED) is 0.123. The van der Waals surface area contributed by atoms with E-state index in [9.17, 15) is 0 Å². The smallest absolute Gasteiger partial charge is 0.0318 e. The molecule has 10 aromatic carbocycles. The molecule has 57 heavy (non-hydrogen) atoms. The minimum absolute atomic E-state index is 0.0917. The van der Waals surface area contributed by atoms with Crippen LogP contribution in [-0.4, -0.2) is 0 Å². The second-order valence-electron chi connectivity index (χ2n) is 18.4. The fourth-order valence-electron chi connectivity index (χ4n) is 11.8. The molecule has 0 amide bonds. The monoisotopic (exact) mass is 730 g/mol. The molecule has 0 atom stereocenters. The summed E-state index contributed by atoms with van der Waals surface area (Å²) in [5, 5.41) is 15.6.